The molecular formula is C14H18O3. The standard InChI is InChI=1S/C14H18O3/c1-10(2)7-14(8-17-9-14)12-5-3-4-11(6-12)13(15)16/h3-6,10H,7-9H2,1-2H3,(H,15,16). The highest BCUT2D eigenvalue weighted by atomic mass is 16.5. The summed E-state index contributed by atoms with van der Waals surface area (Å²) < 4.78 is 5.35. The van der Waals surface area contributed by atoms with Crippen LogP contribution < -0.4 is 0 Å². The van der Waals surface area contributed by atoms with Crippen LogP contribution in [0.3, 0.4) is 0 Å². The Labute approximate surface area is 101 Å². The third-order valence-corrected chi connectivity index (χ3v) is 3.28. The maximum Gasteiger partial charge on any atom is 0.335 e. The molecule has 1 aliphatic rings. The fraction of sp³-hybridized carbons (Fsp3) is 0.500. The second-order valence-electron chi connectivity index (χ2n) is 5.26. The average molecular weight is 234 g/mol. The summed E-state index contributed by atoms with van der Waals surface area (Å²) in [6.45, 7) is 5.77. The molecule has 1 N–H and O–H groups in total. The molecule has 1 aromatic rings. The lowest BCUT2D eigenvalue weighted by molar-refractivity contribution is -0.0697. The van der Waals surface area contributed by atoms with Gasteiger partial charge < -0.3 is 9.84 Å². The lowest BCUT2D eigenvalue weighted by atomic mass is 9.72. The van der Waals surface area contributed by atoms with Gasteiger partial charge in [0, 0.05) is 5.41 Å². The van der Waals surface area contributed by atoms with Gasteiger partial charge in [-0.1, -0.05) is 26.0 Å². The van der Waals surface area contributed by atoms with Crippen LogP contribution in [0.5, 0.6) is 0 Å². The normalized spacial score (nSPS) is 17.8. The van der Waals surface area contributed by atoms with Crippen molar-refractivity contribution in [2.24, 2.45) is 5.92 Å². The predicted octanol–water partition coefficient (Wildman–Crippen LogP) is 2.70. The van der Waals surface area contributed by atoms with E-state index in [0.717, 1.165) is 12.0 Å². The topological polar surface area (TPSA) is 46.5 Å². The quantitative estimate of drug-likeness (QED) is 0.871. The molecule has 0 unspecified atom stereocenters. The van der Waals surface area contributed by atoms with Crippen molar-refractivity contribution in [1.29, 1.82) is 0 Å². The number of benzene rings is 1. The van der Waals surface area contributed by atoms with Gasteiger partial charge in [-0.3, -0.25) is 0 Å². The Morgan fingerprint density at radius 2 is 2.18 bits per heavy atom. The summed E-state index contributed by atoms with van der Waals surface area (Å²) in [7, 11) is 0. The maximum absolute atomic E-state index is 11.0. The van der Waals surface area contributed by atoms with Gasteiger partial charge in [0.15, 0.2) is 0 Å². The van der Waals surface area contributed by atoms with Crippen molar-refractivity contribution < 1.29 is 14.6 Å². The molecule has 0 amide bonds. The van der Waals surface area contributed by atoms with E-state index in [-0.39, 0.29) is 5.41 Å². The Bertz CT molecular complexity index is 419. The van der Waals surface area contributed by atoms with Crippen LogP contribution in [0.2, 0.25) is 0 Å². The molecule has 3 nitrogen and oxygen atoms in total. The number of hydrogen-bond acceptors (Lipinski definition) is 2. The van der Waals surface area contributed by atoms with E-state index >= 15 is 0 Å². The average Bonchev–Trinajstić information content (AvgIpc) is 2.23. The van der Waals surface area contributed by atoms with Gasteiger partial charge in [0.1, 0.15) is 0 Å². The molecule has 0 spiro atoms. The first-order valence-electron chi connectivity index (χ1n) is 5.95. The van der Waals surface area contributed by atoms with E-state index < -0.39 is 5.97 Å². The molecule has 92 valence electrons. The monoisotopic (exact) mass is 234 g/mol. The molecule has 1 heterocycles. The summed E-state index contributed by atoms with van der Waals surface area (Å²) in [5, 5.41) is 9.02. The van der Waals surface area contributed by atoms with E-state index in [1.54, 1.807) is 12.1 Å². The minimum atomic E-state index is -0.869. The van der Waals surface area contributed by atoms with Crippen molar-refractivity contribution in [3.8, 4) is 0 Å². The van der Waals surface area contributed by atoms with Crippen LogP contribution in [-0.2, 0) is 10.2 Å². The zero-order chi connectivity index (χ0) is 12.5. The van der Waals surface area contributed by atoms with Crippen molar-refractivity contribution >= 4 is 5.97 Å². The zero-order valence-corrected chi connectivity index (χ0v) is 10.3. The molecule has 1 aromatic carbocycles. The SMILES string of the molecule is CC(C)CC1(c2cccc(C(=O)O)c2)COC1. The lowest BCUT2D eigenvalue weighted by Crippen LogP contribution is -2.47. The Morgan fingerprint density at radius 3 is 2.65 bits per heavy atom. The highest BCUT2D eigenvalue weighted by Crippen LogP contribution is 2.38. The molecule has 0 atom stereocenters. The molecule has 17 heavy (non-hydrogen) atoms. The second-order valence-corrected chi connectivity index (χ2v) is 5.26. The third kappa shape index (κ3) is 2.34. The van der Waals surface area contributed by atoms with Gasteiger partial charge in [-0.15, -0.1) is 0 Å². The van der Waals surface area contributed by atoms with Crippen LogP contribution in [0.1, 0.15) is 36.2 Å². The van der Waals surface area contributed by atoms with Crippen molar-refractivity contribution in [3.05, 3.63) is 35.4 Å². The van der Waals surface area contributed by atoms with Gasteiger partial charge in [0.2, 0.25) is 0 Å². The molecule has 0 aromatic heterocycles. The zero-order valence-electron chi connectivity index (χ0n) is 10.3. The van der Waals surface area contributed by atoms with Crippen molar-refractivity contribution in [1.82, 2.24) is 0 Å². The lowest BCUT2D eigenvalue weighted by Gasteiger charge is -2.43. The molecule has 1 aliphatic heterocycles. The Hall–Kier alpha value is -1.35. The number of carboxylic acid groups (broad SMARTS) is 1. The smallest absolute Gasteiger partial charge is 0.335 e. The van der Waals surface area contributed by atoms with Gasteiger partial charge >= 0.3 is 5.97 Å². The Kier molecular flexibility index (Phi) is 3.20. The third-order valence-electron chi connectivity index (χ3n) is 3.28. The largest absolute Gasteiger partial charge is 0.478 e. The fourth-order valence-electron chi connectivity index (χ4n) is 2.51. The highest BCUT2D eigenvalue weighted by Gasteiger charge is 2.40. The van der Waals surface area contributed by atoms with E-state index in [1.165, 1.54) is 0 Å². The molecule has 0 aliphatic carbocycles. The first kappa shape index (κ1) is 12.1. The van der Waals surface area contributed by atoms with Gasteiger partial charge in [0.05, 0.1) is 18.8 Å². The van der Waals surface area contributed by atoms with E-state index in [1.807, 2.05) is 12.1 Å². The first-order chi connectivity index (χ1) is 8.03. The molecule has 1 saturated heterocycles. The molecule has 3 heteroatoms. The summed E-state index contributed by atoms with van der Waals surface area (Å²) in [6, 6.07) is 7.25. The van der Waals surface area contributed by atoms with Crippen molar-refractivity contribution in [3.63, 3.8) is 0 Å². The van der Waals surface area contributed by atoms with Crippen LogP contribution >= 0.6 is 0 Å². The minimum Gasteiger partial charge on any atom is -0.478 e. The molecule has 0 saturated carbocycles. The van der Waals surface area contributed by atoms with Gasteiger partial charge in [-0.05, 0) is 30.0 Å². The summed E-state index contributed by atoms with van der Waals surface area (Å²) >= 11 is 0. The molecule has 0 radical (unpaired) electrons. The number of ether oxygens (including phenoxy) is 1. The second kappa shape index (κ2) is 4.49. The van der Waals surface area contributed by atoms with Crippen LogP contribution in [-0.4, -0.2) is 24.3 Å². The van der Waals surface area contributed by atoms with Crippen LogP contribution in [0.4, 0.5) is 0 Å². The van der Waals surface area contributed by atoms with Gasteiger partial charge in [0.25, 0.3) is 0 Å². The number of hydrogen-bond donors (Lipinski definition) is 1. The number of rotatable bonds is 4. The number of carboxylic acids is 1. The number of carbonyl (C=O) groups is 1. The van der Waals surface area contributed by atoms with E-state index in [4.69, 9.17) is 9.84 Å². The van der Waals surface area contributed by atoms with Gasteiger partial charge in [-0.25, -0.2) is 4.79 Å². The summed E-state index contributed by atoms with van der Waals surface area (Å²) in [5.41, 5.74) is 1.48. The summed E-state index contributed by atoms with van der Waals surface area (Å²) in [5.74, 6) is -0.292. The molecule has 2 rings (SSSR count). The van der Waals surface area contributed by atoms with Crippen molar-refractivity contribution in [2.75, 3.05) is 13.2 Å². The molecular weight excluding hydrogens is 216 g/mol. The van der Waals surface area contributed by atoms with Crippen LogP contribution in [0, 0.1) is 5.92 Å². The van der Waals surface area contributed by atoms with Crippen LogP contribution in [0.15, 0.2) is 24.3 Å². The Balaban J connectivity index is 2.31. The van der Waals surface area contributed by atoms with E-state index in [0.29, 0.717) is 24.7 Å². The van der Waals surface area contributed by atoms with E-state index in [2.05, 4.69) is 13.8 Å². The maximum atomic E-state index is 11.0. The highest BCUT2D eigenvalue weighted by molar-refractivity contribution is 5.87. The number of aromatic carboxylic acids is 1. The Morgan fingerprint density at radius 1 is 1.47 bits per heavy atom. The summed E-state index contributed by atoms with van der Waals surface area (Å²) in [4.78, 5) is 11.0. The summed E-state index contributed by atoms with van der Waals surface area (Å²) in [6.07, 6.45) is 1.04. The van der Waals surface area contributed by atoms with Crippen LogP contribution in [0.25, 0.3) is 0 Å². The predicted molar refractivity (Wildman–Crippen MR) is 65.4 cm³/mol. The van der Waals surface area contributed by atoms with E-state index in [9.17, 15) is 4.79 Å². The first-order valence-corrected chi connectivity index (χ1v) is 5.95. The van der Waals surface area contributed by atoms with Gasteiger partial charge in [-0.2, -0.15) is 0 Å². The minimum absolute atomic E-state index is 0.0274. The fourth-order valence-corrected chi connectivity index (χ4v) is 2.51. The molecule has 0 bridgehead atoms. The molecule has 1 fully saturated rings. The van der Waals surface area contributed by atoms with Crippen molar-refractivity contribution in [2.45, 2.75) is 25.7 Å².